The minimum Gasteiger partial charge on any atom is -0.331 e. The second-order valence-corrected chi connectivity index (χ2v) is 5.96. The monoisotopic (exact) mass is 285 g/mol. The van der Waals surface area contributed by atoms with Crippen LogP contribution in [-0.2, 0) is 0 Å². The molecule has 4 heteroatoms. The van der Waals surface area contributed by atoms with Crippen LogP contribution in [0.2, 0.25) is 0 Å². The van der Waals surface area contributed by atoms with E-state index in [1.54, 1.807) is 0 Å². The Hall–Kier alpha value is -1.68. The van der Waals surface area contributed by atoms with E-state index in [9.17, 15) is 0 Å². The molecule has 2 atom stereocenters. The lowest BCUT2D eigenvalue weighted by Gasteiger charge is -2.31. The molecule has 0 bridgehead atoms. The van der Waals surface area contributed by atoms with Crippen LogP contribution in [0.5, 0.6) is 0 Å². The van der Waals surface area contributed by atoms with Crippen molar-refractivity contribution in [2.45, 2.75) is 26.7 Å². The Morgan fingerprint density at radius 1 is 1.35 bits per heavy atom. The van der Waals surface area contributed by atoms with Gasteiger partial charge in [-0.25, -0.2) is 0 Å². The van der Waals surface area contributed by atoms with Crippen molar-refractivity contribution in [2.75, 3.05) is 5.32 Å². The molecule has 104 valence electrons. The zero-order valence-corrected chi connectivity index (χ0v) is 12.6. The molecule has 2 N–H and O–H groups in total. The zero-order valence-electron chi connectivity index (χ0n) is 11.8. The van der Waals surface area contributed by atoms with Gasteiger partial charge in [0.1, 0.15) is 0 Å². The summed E-state index contributed by atoms with van der Waals surface area (Å²) in [7, 11) is 0. The van der Waals surface area contributed by atoms with E-state index in [0.717, 1.165) is 24.4 Å². The van der Waals surface area contributed by atoms with E-state index in [-0.39, 0.29) is 0 Å². The van der Waals surface area contributed by atoms with Crippen molar-refractivity contribution in [1.29, 1.82) is 0 Å². The first kappa shape index (κ1) is 13.3. The highest BCUT2D eigenvalue weighted by molar-refractivity contribution is 7.80. The number of thiocarbonyl (C=S) groups is 1. The molecule has 1 saturated carbocycles. The second kappa shape index (κ2) is 5.37. The summed E-state index contributed by atoms with van der Waals surface area (Å²) in [5.74, 6) is 1.34. The van der Waals surface area contributed by atoms with Gasteiger partial charge in [0.05, 0.1) is 0 Å². The van der Waals surface area contributed by atoms with Crippen LogP contribution in [0.15, 0.2) is 35.5 Å². The van der Waals surface area contributed by atoms with Crippen molar-refractivity contribution in [2.24, 2.45) is 16.9 Å². The molecule has 0 spiro atoms. The number of fused-ring (bicyclic) bond motifs is 1. The smallest absolute Gasteiger partial charge is 0.191 e. The lowest BCUT2D eigenvalue weighted by molar-refractivity contribution is 0.463. The summed E-state index contributed by atoms with van der Waals surface area (Å²) in [6, 6.07) is 6.16. The Balaban J connectivity index is 1.58. The van der Waals surface area contributed by atoms with E-state index >= 15 is 0 Å². The molecule has 0 amide bonds. The van der Waals surface area contributed by atoms with Gasteiger partial charge < -0.3 is 5.32 Å². The van der Waals surface area contributed by atoms with E-state index in [0.29, 0.717) is 11.0 Å². The second-order valence-electron chi connectivity index (χ2n) is 5.55. The number of hydrogen-bond donors (Lipinski definition) is 2. The first-order chi connectivity index (χ1) is 9.65. The number of allylic oxidation sites excluding steroid dienone is 2. The van der Waals surface area contributed by atoms with E-state index in [2.05, 4.69) is 47.9 Å². The van der Waals surface area contributed by atoms with Crippen LogP contribution < -0.4 is 10.7 Å². The number of rotatable bonds is 2. The summed E-state index contributed by atoms with van der Waals surface area (Å²) < 4.78 is 0. The number of aryl methyl sites for hydroxylation is 1. The molecule has 0 heterocycles. The third-order valence-electron chi connectivity index (χ3n) is 4.32. The minimum absolute atomic E-state index is 0.556. The van der Waals surface area contributed by atoms with Crippen molar-refractivity contribution in [1.82, 2.24) is 5.43 Å². The van der Waals surface area contributed by atoms with Gasteiger partial charge in [-0.1, -0.05) is 24.3 Å². The van der Waals surface area contributed by atoms with E-state index in [1.165, 1.54) is 16.8 Å². The molecule has 0 unspecified atom stereocenters. The van der Waals surface area contributed by atoms with Crippen molar-refractivity contribution in [3.05, 3.63) is 41.5 Å². The Labute approximate surface area is 125 Å². The molecule has 20 heavy (non-hydrogen) atoms. The lowest BCUT2D eigenvalue weighted by atomic mass is 9.74. The molecule has 0 saturated heterocycles. The average molecular weight is 285 g/mol. The molecule has 2 aliphatic rings. The maximum Gasteiger partial charge on any atom is 0.191 e. The number of nitrogens with one attached hydrogen (secondary N) is 2. The number of nitrogens with zero attached hydrogens (tertiary/aromatic N) is 1. The predicted octanol–water partition coefficient (Wildman–Crippen LogP) is 3.54. The summed E-state index contributed by atoms with van der Waals surface area (Å²) in [5.41, 5.74) is 7.72. The van der Waals surface area contributed by atoms with Gasteiger partial charge in [-0.3, -0.25) is 5.43 Å². The Morgan fingerprint density at radius 3 is 3.00 bits per heavy atom. The SMILES string of the molecule is Cc1cccc(NC(=S)N/N=C2/C[C@@H]3C=CC[C@H]23)c1C. The Morgan fingerprint density at radius 2 is 2.20 bits per heavy atom. The van der Waals surface area contributed by atoms with Gasteiger partial charge in [0.15, 0.2) is 5.11 Å². The first-order valence-corrected chi connectivity index (χ1v) is 7.42. The summed E-state index contributed by atoms with van der Waals surface area (Å²) in [6.45, 7) is 4.19. The molecular formula is C16H19N3S. The van der Waals surface area contributed by atoms with Crippen molar-refractivity contribution < 1.29 is 0 Å². The van der Waals surface area contributed by atoms with Crippen molar-refractivity contribution in [3.8, 4) is 0 Å². The van der Waals surface area contributed by atoms with E-state index in [4.69, 9.17) is 12.2 Å². The normalized spacial score (nSPS) is 25.2. The summed E-state index contributed by atoms with van der Waals surface area (Å²) >= 11 is 5.30. The van der Waals surface area contributed by atoms with Crippen LogP contribution in [0.25, 0.3) is 0 Å². The van der Waals surface area contributed by atoms with Crippen molar-refractivity contribution in [3.63, 3.8) is 0 Å². The number of benzene rings is 1. The maximum absolute atomic E-state index is 5.30. The van der Waals surface area contributed by atoms with Crippen LogP contribution in [0, 0.1) is 25.7 Å². The zero-order chi connectivity index (χ0) is 14.1. The topological polar surface area (TPSA) is 36.4 Å². The standard InChI is InChI=1S/C16H19N3S/c1-10-5-3-8-14(11(10)2)17-16(20)19-18-15-9-12-6-4-7-13(12)15/h3-6,8,12-13H,7,9H2,1-2H3,(H2,17,19,20)/b18-15-/t12-,13-/m0/s1. The van der Waals surface area contributed by atoms with Gasteiger partial charge >= 0.3 is 0 Å². The quantitative estimate of drug-likeness (QED) is 0.496. The highest BCUT2D eigenvalue weighted by Crippen LogP contribution is 2.40. The molecular weight excluding hydrogens is 266 g/mol. The summed E-state index contributed by atoms with van der Waals surface area (Å²) in [6.07, 6.45) is 6.75. The molecule has 3 nitrogen and oxygen atoms in total. The largest absolute Gasteiger partial charge is 0.331 e. The Bertz CT molecular complexity index is 604. The molecule has 2 aliphatic carbocycles. The van der Waals surface area contributed by atoms with Crippen LogP contribution in [0.4, 0.5) is 5.69 Å². The molecule has 1 fully saturated rings. The summed E-state index contributed by atoms with van der Waals surface area (Å²) in [5, 5.41) is 8.21. The van der Waals surface area contributed by atoms with Gasteiger partial charge in [-0.2, -0.15) is 5.10 Å². The van der Waals surface area contributed by atoms with Crippen LogP contribution in [-0.4, -0.2) is 10.8 Å². The average Bonchev–Trinajstić information content (AvgIpc) is 2.77. The first-order valence-electron chi connectivity index (χ1n) is 7.01. The fourth-order valence-corrected chi connectivity index (χ4v) is 2.98. The van der Waals surface area contributed by atoms with Gasteiger partial charge in [0.25, 0.3) is 0 Å². The van der Waals surface area contributed by atoms with Crippen LogP contribution in [0.3, 0.4) is 0 Å². The number of hydrogen-bond acceptors (Lipinski definition) is 2. The molecule has 1 aromatic carbocycles. The van der Waals surface area contributed by atoms with Gasteiger partial charge in [-0.05, 0) is 62.0 Å². The third kappa shape index (κ3) is 2.48. The molecule has 3 rings (SSSR count). The van der Waals surface area contributed by atoms with E-state index in [1.807, 2.05) is 12.1 Å². The fourth-order valence-electron chi connectivity index (χ4n) is 2.82. The molecule has 1 aromatic rings. The highest BCUT2D eigenvalue weighted by Gasteiger charge is 2.37. The highest BCUT2D eigenvalue weighted by atomic mass is 32.1. The number of anilines is 1. The maximum atomic E-state index is 5.30. The van der Waals surface area contributed by atoms with Gasteiger partial charge in [0, 0.05) is 17.3 Å². The van der Waals surface area contributed by atoms with Gasteiger partial charge in [0.2, 0.25) is 0 Å². The Kier molecular flexibility index (Phi) is 3.57. The fraction of sp³-hybridized carbons (Fsp3) is 0.375. The van der Waals surface area contributed by atoms with Gasteiger partial charge in [-0.15, -0.1) is 0 Å². The van der Waals surface area contributed by atoms with Crippen molar-refractivity contribution >= 4 is 28.7 Å². The molecule has 0 aliphatic heterocycles. The third-order valence-corrected chi connectivity index (χ3v) is 4.51. The minimum atomic E-state index is 0.556. The lowest BCUT2D eigenvalue weighted by Crippen LogP contribution is -2.36. The number of hydrazone groups is 1. The van der Waals surface area contributed by atoms with Crippen LogP contribution in [0.1, 0.15) is 24.0 Å². The molecule has 0 aromatic heterocycles. The summed E-state index contributed by atoms with van der Waals surface area (Å²) in [4.78, 5) is 0. The molecule has 0 radical (unpaired) electrons. The van der Waals surface area contributed by atoms with E-state index < -0.39 is 0 Å². The predicted molar refractivity (Wildman–Crippen MR) is 88.1 cm³/mol. The van der Waals surface area contributed by atoms with Crippen LogP contribution >= 0.6 is 12.2 Å².